The number of amides is 3. The summed E-state index contributed by atoms with van der Waals surface area (Å²) in [5.74, 6) is -1.35. The van der Waals surface area contributed by atoms with Crippen molar-refractivity contribution < 1.29 is 24.2 Å². The largest absolute Gasteiger partial charge is 0.494 e. The van der Waals surface area contributed by atoms with Gasteiger partial charge in [0.25, 0.3) is 0 Å². The summed E-state index contributed by atoms with van der Waals surface area (Å²) < 4.78 is 6.42. The van der Waals surface area contributed by atoms with Gasteiger partial charge in [0.1, 0.15) is 24.0 Å². The molecule has 6 rings (SSSR count). The minimum absolute atomic E-state index is 0.00417. The lowest BCUT2D eigenvalue weighted by molar-refractivity contribution is -0.144. The quantitative estimate of drug-likeness (QED) is 0.282. The highest BCUT2D eigenvalue weighted by Crippen LogP contribution is 2.69. The van der Waals surface area contributed by atoms with E-state index in [-0.39, 0.29) is 61.8 Å². The molecule has 2 bridgehead atoms. The van der Waals surface area contributed by atoms with Gasteiger partial charge in [-0.1, -0.05) is 36.4 Å². The van der Waals surface area contributed by atoms with Gasteiger partial charge >= 0.3 is 0 Å². The number of benzene rings is 2. The maximum atomic E-state index is 14.7. The van der Waals surface area contributed by atoms with Crippen LogP contribution in [-0.4, -0.2) is 96.5 Å². The average Bonchev–Trinajstić information content (AvgIpc) is 3.78. The fourth-order valence-corrected chi connectivity index (χ4v) is 10.1. The van der Waals surface area contributed by atoms with Crippen molar-refractivity contribution in [3.63, 3.8) is 0 Å². The van der Waals surface area contributed by atoms with Crippen LogP contribution in [0.5, 0.6) is 5.75 Å². The minimum Gasteiger partial charge on any atom is -0.494 e. The summed E-state index contributed by atoms with van der Waals surface area (Å²) in [6.07, 6.45) is 4.02. The Morgan fingerprint density at radius 3 is 2.57 bits per heavy atom. The summed E-state index contributed by atoms with van der Waals surface area (Å²) in [6, 6.07) is 14.0. The molecule has 1 aromatic heterocycles. The van der Waals surface area contributed by atoms with Crippen molar-refractivity contribution in [1.82, 2.24) is 24.8 Å². The maximum absolute atomic E-state index is 14.7. The zero-order valence-electron chi connectivity index (χ0n) is 26.2. The van der Waals surface area contributed by atoms with E-state index in [1.54, 1.807) is 38.4 Å². The summed E-state index contributed by atoms with van der Waals surface area (Å²) in [5, 5.41) is 18.5. The molecule has 2 aromatic carbocycles. The molecule has 6 atom stereocenters. The van der Waals surface area contributed by atoms with E-state index in [1.165, 1.54) is 4.90 Å². The molecule has 3 aliphatic rings. The smallest absolute Gasteiger partial charge is 0.248 e. The van der Waals surface area contributed by atoms with Gasteiger partial charge in [0, 0.05) is 30.6 Å². The van der Waals surface area contributed by atoms with E-state index < -0.39 is 22.6 Å². The second-order valence-electron chi connectivity index (χ2n) is 12.0. The van der Waals surface area contributed by atoms with E-state index in [0.717, 1.165) is 5.52 Å². The molecule has 0 aliphatic carbocycles. The number of aliphatic hydroxyl groups is 1. The molecule has 4 heterocycles. The summed E-state index contributed by atoms with van der Waals surface area (Å²) in [4.78, 5) is 48.5. The number of hydrogen-bond acceptors (Lipinski definition) is 8. The van der Waals surface area contributed by atoms with Crippen LogP contribution in [0.25, 0.3) is 11.0 Å². The molecule has 3 saturated heterocycles. The number of para-hydroxylation sites is 1. The number of carbonyl (C=O) groups excluding carboxylic acids is 3. The molecule has 0 saturated carbocycles. The number of aromatic nitrogens is 3. The van der Waals surface area contributed by atoms with Gasteiger partial charge in [-0.2, -0.15) is 0 Å². The van der Waals surface area contributed by atoms with Crippen molar-refractivity contribution in [1.29, 1.82) is 0 Å². The van der Waals surface area contributed by atoms with Crippen LogP contribution in [0.1, 0.15) is 20.3 Å². The third-order valence-electron chi connectivity index (χ3n) is 9.53. The Balaban J connectivity index is 1.36. The Morgan fingerprint density at radius 2 is 1.87 bits per heavy atom. The highest BCUT2D eigenvalue weighted by Gasteiger charge is 2.76. The first-order chi connectivity index (χ1) is 22.3. The lowest BCUT2D eigenvalue weighted by atomic mass is 9.65. The van der Waals surface area contributed by atoms with Crippen molar-refractivity contribution in [2.24, 2.45) is 17.8 Å². The SMILES string of the molecule is C=CCN(Cn1nnc2ccccc21)C(=O)C1N(CCO)C(=O)[C@@H]2[C@@H](C(=O)N(CC=C)c3ccc(OCC)cc3)[C@H]3CC(C)C12S3. The first-order valence-electron chi connectivity index (χ1n) is 15.7. The lowest BCUT2D eigenvalue weighted by Crippen LogP contribution is -2.58. The van der Waals surface area contributed by atoms with E-state index in [9.17, 15) is 19.5 Å². The number of β-amino-alcohol motifs (C(OH)–C–C–N with tert-alkyl or cyclic N) is 1. The van der Waals surface area contributed by atoms with E-state index >= 15 is 0 Å². The normalized spacial score (nSPS) is 26.3. The molecule has 3 unspecified atom stereocenters. The van der Waals surface area contributed by atoms with Gasteiger partial charge in [-0.15, -0.1) is 30.0 Å². The van der Waals surface area contributed by atoms with Crippen LogP contribution in [0.15, 0.2) is 73.8 Å². The predicted octanol–water partition coefficient (Wildman–Crippen LogP) is 3.35. The Labute approximate surface area is 272 Å². The summed E-state index contributed by atoms with van der Waals surface area (Å²) in [7, 11) is 0. The number of thioether (sulfide) groups is 1. The molecule has 242 valence electrons. The van der Waals surface area contributed by atoms with E-state index in [1.807, 2.05) is 55.5 Å². The van der Waals surface area contributed by atoms with Gasteiger partial charge < -0.3 is 24.5 Å². The van der Waals surface area contributed by atoms with E-state index in [0.29, 0.717) is 30.0 Å². The standard InChI is InChI=1S/C34H40N6O5S/c1-5-16-37(21-40-26-11-9-8-10-25(26)35-36-40)33(44)30-34-22(4)20-27(46-34)28(29(34)32(43)39(30)18-19-41)31(42)38(17-6-2)23-12-14-24(15-13-23)45-7-3/h5-6,8-15,22,27-30,41H,1-2,7,16-21H2,3-4H3/t22?,27-,28+,29+,30?,34?/m1/s1. The predicted molar refractivity (Wildman–Crippen MR) is 177 cm³/mol. The zero-order chi connectivity index (χ0) is 32.6. The Hall–Kier alpha value is -4.16. The fraction of sp³-hybridized carbons (Fsp3) is 0.441. The Kier molecular flexibility index (Phi) is 8.93. The fourth-order valence-electron chi connectivity index (χ4n) is 7.68. The molecule has 3 amide bonds. The van der Waals surface area contributed by atoms with Gasteiger partial charge in [0.15, 0.2) is 0 Å². The van der Waals surface area contributed by atoms with Crippen LogP contribution in [0, 0.1) is 17.8 Å². The highest BCUT2D eigenvalue weighted by molar-refractivity contribution is 8.02. The molecule has 11 nitrogen and oxygen atoms in total. The Bertz CT molecular complexity index is 1640. The number of likely N-dealkylation sites (tertiary alicyclic amines) is 1. The van der Waals surface area contributed by atoms with Crippen LogP contribution in [0.2, 0.25) is 0 Å². The molecule has 1 N–H and O–H groups in total. The number of anilines is 1. The van der Waals surface area contributed by atoms with Crippen molar-refractivity contribution in [2.75, 3.05) is 37.7 Å². The second-order valence-corrected chi connectivity index (χ2v) is 13.6. The number of fused-ring (bicyclic) bond motifs is 2. The number of ether oxygens (including phenoxy) is 1. The summed E-state index contributed by atoms with van der Waals surface area (Å²) in [5.41, 5.74) is 2.18. The zero-order valence-corrected chi connectivity index (χ0v) is 27.0. The highest BCUT2D eigenvalue weighted by atomic mass is 32.2. The Morgan fingerprint density at radius 1 is 1.13 bits per heavy atom. The van der Waals surface area contributed by atoms with Crippen LogP contribution < -0.4 is 9.64 Å². The first-order valence-corrected chi connectivity index (χ1v) is 16.6. The van der Waals surface area contributed by atoms with Crippen molar-refractivity contribution >= 4 is 46.2 Å². The van der Waals surface area contributed by atoms with Gasteiger partial charge in [0.2, 0.25) is 17.7 Å². The number of carbonyl (C=O) groups is 3. The second kappa shape index (κ2) is 12.9. The number of aliphatic hydroxyl groups excluding tert-OH is 1. The monoisotopic (exact) mass is 644 g/mol. The first kappa shape index (κ1) is 31.8. The van der Waals surface area contributed by atoms with Crippen molar-refractivity contribution in [3.8, 4) is 5.75 Å². The number of rotatable bonds is 13. The van der Waals surface area contributed by atoms with Crippen LogP contribution >= 0.6 is 11.8 Å². The third kappa shape index (κ3) is 5.07. The number of nitrogens with zero attached hydrogens (tertiary/aromatic N) is 6. The van der Waals surface area contributed by atoms with E-state index in [4.69, 9.17) is 4.74 Å². The van der Waals surface area contributed by atoms with E-state index in [2.05, 4.69) is 30.4 Å². The molecule has 0 radical (unpaired) electrons. The van der Waals surface area contributed by atoms with Gasteiger partial charge in [-0.05, 0) is 55.7 Å². The third-order valence-corrected chi connectivity index (χ3v) is 11.6. The molecule has 3 aliphatic heterocycles. The number of hydrogen-bond donors (Lipinski definition) is 1. The summed E-state index contributed by atoms with van der Waals surface area (Å²) in [6.45, 7) is 12.6. The molecule has 3 aromatic rings. The molecule has 1 spiro atoms. The van der Waals surface area contributed by atoms with Gasteiger partial charge in [-0.3, -0.25) is 14.4 Å². The van der Waals surface area contributed by atoms with Crippen LogP contribution in [0.3, 0.4) is 0 Å². The van der Waals surface area contributed by atoms with Gasteiger partial charge in [0.05, 0.1) is 35.3 Å². The van der Waals surface area contributed by atoms with Gasteiger partial charge in [-0.25, -0.2) is 4.68 Å². The maximum Gasteiger partial charge on any atom is 0.248 e. The molecule has 46 heavy (non-hydrogen) atoms. The van der Waals surface area contributed by atoms with Crippen LogP contribution in [-0.2, 0) is 21.1 Å². The van der Waals surface area contributed by atoms with Crippen LogP contribution in [0.4, 0.5) is 5.69 Å². The molecule has 3 fully saturated rings. The van der Waals surface area contributed by atoms with Crippen molar-refractivity contribution in [3.05, 3.63) is 73.8 Å². The molecule has 12 heteroatoms. The minimum atomic E-state index is -0.868. The molecular formula is C34H40N6O5S. The summed E-state index contributed by atoms with van der Waals surface area (Å²) >= 11 is 1.60. The van der Waals surface area contributed by atoms with Crippen molar-refractivity contribution in [2.45, 2.75) is 43.0 Å². The topological polar surface area (TPSA) is 121 Å². The lowest BCUT2D eigenvalue weighted by Gasteiger charge is -2.41. The molecular weight excluding hydrogens is 604 g/mol. The average molecular weight is 645 g/mol.